The van der Waals surface area contributed by atoms with Crippen LogP contribution in [0.15, 0.2) is 42.5 Å². The van der Waals surface area contributed by atoms with Crippen molar-refractivity contribution >= 4 is 11.6 Å². The molecule has 0 aliphatic rings. The number of benzene rings is 2. The van der Waals surface area contributed by atoms with Crippen LogP contribution in [0.2, 0.25) is 0 Å². The zero-order chi connectivity index (χ0) is 18.9. The van der Waals surface area contributed by atoms with Crippen LogP contribution in [0.25, 0.3) is 0 Å². The van der Waals surface area contributed by atoms with E-state index in [1.807, 2.05) is 36.4 Å². The van der Waals surface area contributed by atoms with Crippen LogP contribution >= 0.6 is 0 Å². The number of ether oxygens (including phenoxy) is 1. The molecule has 0 aliphatic carbocycles. The standard InChI is InChI=1S/C22H30N2O2/c1-5-24(6-2)16-19-8-7-9-20(15-19)23-22(25)12-13-26-21-11-10-17(3)18(4)14-21/h7-11,14-15H,5-6,12-13,16H2,1-4H3,(H,23,25). The number of amides is 1. The van der Waals surface area contributed by atoms with Crippen LogP contribution in [0.3, 0.4) is 0 Å². The smallest absolute Gasteiger partial charge is 0.227 e. The summed E-state index contributed by atoms with van der Waals surface area (Å²) in [6.45, 7) is 11.7. The Hall–Kier alpha value is -2.33. The second-order valence-corrected chi connectivity index (χ2v) is 6.55. The fourth-order valence-corrected chi connectivity index (χ4v) is 2.74. The molecule has 0 heterocycles. The van der Waals surface area contributed by atoms with Crippen LogP contribution < -0.4 is 10.1 Å². The van der Waals surface area contributed by atoms with E-state index in [0.29, 0.717) is 13.0 Å². The van der Waals surface area contributed by atoms with Crippen molar-refractivity contribution in [2.45, 2.75) is 40.7 Å². The van der Waals surface area contributed by atoms with Gasteiger partial charge in [-0.05, 0) is 67.9 Å². The summed E-state index contributed by atoms with van der Waals surface area (Å²) >= 11 is 0. The van der Waals surface area contributed by atoms with Gasteiger partial charge < -0.3 is 10.1 Å². The number of aryl methyl sites for hydroxylation is 2. The largest absolute Gasteiger partial charge is 0.493 e. The van der Waals surface area contributed by atoms with Crippen LogP contribution in [0.5, 0.6) is 5.75 Å². The van der Waals surface area contributed by atoms with E-state index >= 15 is 0 Å². The maximum atomic E-state index is 12.2. The molecule has 0 unspecified atom stereocenters. The van der Waals surface area contributed by atoms with E-state index in [1.165, 1.54) is 16.7 Å². The number of carbonyl (C=O) groups excluding carboxylic acids is 1. The topological polar surface area (TPSA) is 41.6 Å². The van der Waals surface area contributed by atoms with Crippen molar-refractivity contribution in [3.8, 4) is 5.75 Å². The predicted molar refractivity (Wildman–Crippen MR) is 108 cm³/mol. The van der Waals surface area contributed by atoms with Gasteiger partial charge in [0.05, 0.1) is 13.0 Å². The monoisotopic (exact) mass is 354 g/mol. The van der Waals surface area contributed by atoms with Gasteiger partial charge in [-0.25, -0.2) is 0 Å². The molecule has 4 heteroatoms. The number of anilines is 1. The maximum absolute atomic E-state index is 12.2. The molecule has 140 valence electrons. The van der Waals surface area contributed by atoms with Crippen LogP contribution in [-0.2, 0) is 11.3 Å². The first kappa shape index (κ1) is 20.0. The van der Waals surface area contributed by atoms with E-state index in [4.69, 9.17) is 4.74 Å². The van der Waals surface area contributed by atoms with Gasteiger partial charge in [-0.3, -0.25) is 9.69 Å². The molecule has 4 nitrogen and oxygen atoms in total. The molecule has 26 heavy (non-hydrogen) atoms. The summed E-state index contributed by atoms with van der Waals surface area (Å²) in [6.07, 6.45) is 0.327. The highest BCUT2D eigenvalue weighted by Gasteiger charge is 2.06. The van der Waals surface area contributed by atoms with Crippen molar-refractivity contribution in [1.82, 2.24) is 4.90 Å². The third kappa shape index (κ3) is 6.19. The first-order valence-electron chi connectivity index (χ1n) is 9.33. The molecule has 0 aliphatic heterocycles. The summed E-state index contributed by atoms with van der Waals surface area (Å²) in [7, 11) is 0. The normalized spacial score (nSPS) is 10.8. The van der Waals surface area contributed by atoms with Crippen LogP contribution in [0.4, 0.5) is 5.69 Å². The molecule has 0 fully saturated rings. The fourth-order valence-electron chi connectivity index (χ4n) is 2.74. The number of hydrogen-bond donors (Lipinski definition) is 1. The van der Waals surface area contributed by atoms with Gasteiger partial charge in [0.1, 0.15) is 5.75 Å². The summed E-state index contributed by atoms with van der Waals surface area (Å²) in [5.41, 5.74) is 4.47. The molecule has 0 radical (unpaired) electrons. The molecule has 2 aromatic carbocycles. The van der Waals surface area contributed by atoms with Crippen molar-refractivity contribution in [3.05, 3.63) is 59.2 Å². The summed E-state index contributed by atoms with van der Waals surface area (Å²) in [6, 6.07) is 14.0. The minimum atomic E-state index is -0.0335. The van der Waals surface area contributed by atoms with Crippen LogP contribution in [0, 0.1) is 13.8 Å². The average molecular weight is 354 g/mol. The molecular weight excluding hydrogens is 324 g/mol. The third-order valence-electron chi connectivity index (χ3n) is 4.59. The lowest BCUT2D eigenvalue weighted by Crippen LogP contribution is -2.22. The van der Waals surface area contributed by atoms with E-state index in [1.54, 1.807) is 0 Å². The predicted octanol–water partition coefficient (Wildman–Crippen LogP) is 4.55. The quantitative estimate of drug-likeness (QED) is 0.718. The SMILES string of the molecule is CCN(CC)Cc1cccc(NC(=O)CCOc2ccc(C)c(C)c2)c1. The molecule has 0 bridgehead atoms. The second-order valence-electron chi connectivity index (χ2n) is 6.55. The second kappa shape index (κ2) is 9.97. The Kier molecular flexibility index (Phi) is 7.67. The Morgan fingerprint density at radius 2 is 1.81 bits per heavy atom. The Morgan fingerprint density at radius 3 is 2.50 bits per heavy atom. The highest BCUT2D eigenvalue weighted by molar-refractivity contribution is 5.90. The van der Waals surface area contributed by atoms with E-state index in [0.717, 1.165) is 31.1 Å². The van der Waals surface area contributed by atoms with Gasteiger partial charge in [-0.1, -0.05) is 32.0 Å². The van der Waals surface area contributed by atoms with Gasteiger partial charge in [0, 0.05) is 12.2 Å². The van der Waals surface area contributed by atoms with Gasteiger partial charge in [0.15, 0.2) is 0 Å². The van der Waals surface area contributed by atoms with Gasteiger partial charge in [-0.15, -0.1) is 0 Å². The Bertz CT molecular complexity index is 724. The molecule has 0 aromatic heterocycles. The summed E-state index contributed by atoms with van der Waals surface area (Å²) in [5, 5.41) is 2.96. The summed E-state index contributed by atoms with van der Waals surface area (Å²) in [4.78, 5) is 14.5. The molecule has 2 aromatic rings. The highest BCUT2D eigenvalue weighted by Crippen LogP contribution is 2.17. The maximum Gasteiger partial charge on any atom is 0.227 e. The lowest BCUT2D eigenvalue weighted by molar-refractivity contribution is -0.116. The van der Waals surface area contributed by atoms with Gasteiger partial charge >= 0.3 is 0 Å². The van der Waals surface area contributed by atoms with Crippen molar-refractivity contribution in [3.63, 3.8) is 0 Å². The fraction of sp³-hybridized carbons (Fsp3) is 0.409. The van der Waals surface area contributed by atoms with E-state index in [9.17, 15) is 4.79 Å². The molecule has 0 saturated carbocycles. The van der Waals surface area contributed by atoms with Gasteiger partial charge in [0.2, 0.25) is 5.91 Å². The number of rotatable bonds is 9. The third-order valence-corrected chi connectivity index (χ3v) is 4.59. The average Bonchev–Trinajstić information content (AvgIpc) is 2.63. The van der Waals surface area contributed by atoms with Crippen molar-refractivity contribution in [1.29, 1.82) is 0 Å². The minimum absolute atomic E-state index is 0.0335. The van der Waals surface area contributed by atoms with Crippen molar-refractivity contribution in [2.75, 3.05) is 25.0 Å². The Labute approximate surface area is 157 Å². The molecule has 0 saturated heterocycles. The minimum Gasteiger partial charge on any atom is -0.493 e. The summed E-state index contributed by atoms with van der Waals surface area (Å²) in [5.74, 6) is 0.774. The van der Waals surface area contributed by atoms with Crippen LogP contribution in [0.1, 0.15) is 37.0 Å². The molecule has 1 amide bonds. The first-order chi connectivity index (χ1) is 12.5. The lowest BCUT2D eigenvalue weighted by Gasteiger charge is -2.18. The molecule has 0 atom stereocenters. The Morgan fingerprint density at radius 1 is 1.04 bits per heavy atom. The van der Waals surface area contributed by atoms with Crippen molar-refractivity contribution < 1.29 is 9.53 Å². The molecular formula is C22H30N2O2. The molecule has 1 N–H and O–H groups in total. The number of nitrogens with one attached hydrogen (secondary N) is 1. The molecule has 2 rings (SSSR count). The number of hydrogen-bond acceptors (Lipinski definition) is 3. The summed E-state index contributed by atoms with van der Waals surface area (Å²) < 4.78 is 5.69. The van der Waals surface area contributed by atoms with Gasteiger partial charge in [-0.2, -0.15) is 0 Å². The van der Waals surface area contributed by atoms with E-state index in [2.05, 4.69) is 44.0 Å². The van der Waals surface area contributed by atoms with Crippen molar-refractivity contribution in [2.24, 2.45) is 0 Å². The highest BCUT2D eigenvalue weighted by atomic mass is 16.5. The van der Waals surface area contributed by atoms with E-state index < -0.39 is 0 Å². The Balaban J connectivity index is 1.82. The zero-order valence-electron chi connectivity index (χ0n) is 16.3. The number of carbonyl (C=O) groups is 1. The number of nitrogens with zero attached hydrogens (tertiary/aromatic N) is 1. The van der Waals surface area contributed by atoms with E-state index in [-0.39, 0.29) is 5.91 Å². The van der Waals surface area contributed by atoms with Crippen LogP contribution in [-0.4, -0.2) is 30.5 Å². The zero-order valence-corrected chi connectivity index (χ0v) is 16.3. The van der Waals surface area contributed by atoms with Gasteiger partial charge in [0.25, 0.3) is 0 Å². The first-order valence-corrected chi connectivity index (χ1v) is 9.33. The molecule has 0 spiro atoms. The lowest BCUT2D eigenvalue weighted by atomic mass is 10.1.